The van der Waals surface area contributed by atoms with Crippen molar-refractivity contribution < 1.29 is 21.6 Å². The van der Waals surface area contributed by atoms with Crippen LogP contribution >= 0.6 is 0 Å². The highest BCUT2D eigenvalue weighted by Crippen LogP contribution is 2.30. The second-order valence-corrected chi connectivity index (χ2v) is 10.7. The third-order valence-corrected chi connectivity index (χ3v) is 9.43. The van der Waals surface area contributed by atoms with Crippen molar-refractivity contribution in [3.8, 4) is 0 Å². The normalized spacial score (nSPS) is 13.5. The van der Waals surface area contributed by atoms with Gasteiger partial charge in [0.1, 0.15) is 5.78 Å². The molecule has 2 rings (SSSR count). The lowest BCUT2D eigenvalue weighted by Gasteiger charge is -2.21. The van der Waals surface area contributed by atoms with Crippen LogP contribution in [0.1, 0.15) is 26.7 Å². The predicted molar refractivity (Wildman–Crippen MR) is 100 cm³/mol. The number of benzene rings is 2. The summed E-state index contributed by atoms with van der Waals surface area (Å²) in [5, 5.41) is 0. The maximum Gasteiger partial charge on any atom is 0.195 e. The molecule has 0 bridgehead atoms. The van der Waals surface area contributed by atoms with Crippen molar-refractivity contribution in [1.29, 1.82) is 0 Å². The van der Waals surface area contributed by atoms with Gasteiger partial charge in [-0.15, -0.1) is 0 Å². The molecule has 0 saturated heterocycles. The van der Waals surface area contributed by atoms with Crippen molar-refractivity contribution in [2.24, 2.45) is 5.92 Å². The molecule has 0 N–H and O–H groups in total. The van der Waals surface area contributed by atoms with Crippen LogP contribution in [0.5, 0.6) is 0 Å². The van der Waals surface area contributed by atoms with Crippen molar-refractivity contribution in [2.45, 2.75) is 41.1 Å². The molecule has 1 atom stereocenters. The summed E-state index contributed by atoms with van der Waals surface area (Å²) < 4.78 is 50.7. The van der Waals surface area contributed by atoms with Crippen molar-refractivity contribution in [3.63, 3.8) is 0 Å². The Morgan fingerprint density at radius 3 is 1.54 bits per heavy atom. The second kappa shape index (κ2) is 8.14. The minimum Gasteiger partial charge on any atom is -0.299 e. The largest absolute Gasteiger partial charge is 0.299 e. The van der Waals surface area contributed by atoms with E-state index < -0.39 is 30.2 Å². The van der Waals surface area contributed by atoms with Gasteiger partial charge in [0.05, 0.1) is 9.79 Å². The zero-order valence-corrected chi connectivity index (χ0v) is 16.3. The van der Waals surface area contributed by atoms with Gasteiger partial charge >= 0.3 is 0 Å². The van der Waals surface area contributed by atoms with E-state index in [0.29, 0.717) is 0 Å². The Labute approximate surface area is 154 Å². The molecule has 26 heavy (non-hydrogen) atoms. The van der Waals surface area contributed by atoms with E-state index in [0.717, 1.165) is 0 Å². The molecule has 0 aliphatic heterocycles. The number of rotatable bonds is 8. The number of ketones is 1. The highest BCUT2D eigenvalue weighted by molar-refractivity contribution is 8.09. The fourth-order valence-corrected chi connectivity index (χ4v) is 7.48. The molecule has 0 aromatic heterocycles. The van der Waals surface area contributed by atoms with Crippen LogP contribution < -0.4 is 0 Å². The van der Waals surface area contributed by atoms with Crippen molar-refractivity contribution in [3.05, 3.63) is 60.7 Å². The van der Waals surface area contributed by atoms with E-state index in [1.807, 2.05) is 0 Å². The topological polar surface area (TPSA) is 85.3 Å². The first-order chi connectivity index (χ1) is 12.2. The van der Waals surface area contributed by atoms with E-state index in [-0.39, 0.29) is 28.4 Å². The summed E-state index contributed by atoms with van der Waals surface area (Å²) in [6.45, 7) is 3.24. The average molecular weight is 395 g/mol. The van der Waals surface area contributed by atoms with Crippen LogP contribution in [0.25, 0.3) is 0 Å². The van der Waals surface area contributed by atoms with E-state index in [1.54, 1.807) is 50.2 Å². The van der Waals surface area contributed by atoms with E-state index in [4.69, 9.17) is 0 Å². The third kappa shape index (κ3) is 4.22. The number of carbonyl (C=O) groups excluding carboxylic acids is 1. The molecule has 0 fully saturated rings. The number of hydrogen-bond donors (Lipinski definition) is 0. The zero-order chi connectivity index (χ0) is 19.4. The highest BCUT2D eigenvalue weighted by atomic mass is 32.3. The van der Waals surface area contributed by atoms with Gasteiger partial charge in [-0.1, -0.05) is 50.2 Å². The average Bonchev–Trinajstić information content (AvgIpc) is 2.66. The van der Waals surface area contributed by atoms with Crippen LogP contribution in [0.3, 0.4) is 0 Å². The maximum absolute atomic E-state index is 13.1. The quantitative estimate of drug-likeness (QED) is 0.686. The molecule has 0 heterocycles. The third-order valence-electron chi connectivity index (χ3n) is 4.28. The van der Waals surface area contributed by atoms with Gasteiger partial charge in [0.25, 0.3) is 0 Å². The standard InChI is InChI=1S/C19H22O5S2/c1-3-18(20)15(2)14-19(25(21,22)16-10-6-4-7-11-16)26(23,24)17-12-8-5-9-13-17/h4-13,15,19H,3,14H2,1-2H3. The lowest BCUT2D eigenvalue weighted by Crippen LogP contribution is -2.34. The molecule has 2 aromatic carbocycles. The first kappa shape index (κ1) is 20.3. The molecule has 0 spiro atoms. The summed E-state index contributed by atoms with van der Waals surface area (Å²) >= 11 is 0. The number of Topliss-reactive ketones (excluding diaryl/α,β-unsaturated/α-hetero) is 1. The molecule has 5 nitrogen and oxygen atoms in total. The van der Waals surface area contributed by atoms with Crippen LogP contribution in [-0.4, -0.2) is 27.2 Å². The molecule has 0 saturated carbocycles. The van der Waals surface area contributed by atoms with Crippen molar-refractivity contribution in [1.82, 2.24) is 0 Å². The fourth-order valence-electron chi connectivity index (χ4n) is 2.71. The monoisotopic (exact) mass is 394 g/mol. The summed E-state index contributed by atoms with van der Waals surface area (Å²) in [4.78, 5) is 11.8. The summed E-state index contributed by atoms with van der Waals surface area (Å²) in [5.41, 5.74) is 0. The Morgan fingerprint density at radius 1 is 0.808 bits per heavy atom. The van der Waals surface area contributed by atoms with E-state index in [2.05, 4.69) is 0 Å². The summed E-state index contributed by atoms with van der Waals surface area (Å²) in [5.74, 6) is -0.844. The van der Waals surface area contributed by atoms with Gasteiger partial charge in [-0.25, -0.2) is 16.8 Å². The van der Waals surface area contributed by atoms with Crippen LogP contribution in [0.2, 0.25) is 0 Å². The van der Waals surface area contributed by atoms with Gasteiger partial charge in [-0.2, -0.15) is 0 Å². The van der Waals surface area contributed by atoms with Crippen LogP contribution in [0.15, 0.2) is 70.5 Å². The summed E-state index contributed by atoms with van der Waals surface area (Å²) in [7, 11) is -8.37. The molecule has 0 amide bonds. The molecule has 0 radical (unpaired) electrons. The number of sulfone groups is 2. The Kier molecular flexibility index (Phi) is 6.36. The molecule has 2 aromatic rings. The molecule has 140 valence electrons. The molecule has 1 unspecified atom stereocenters. The van der Waals surface area contributed by atoms with E-state index in [9.17, 15) is 21.6 Å². The van der Waals surface area contributed by atoms with Gasteiger partial charge in [-0.3, -0.25) is 4.79 Å². The SMILES string of the molecule is CCC(=O)C(C)CC(S(=O)(=O)c1ccccc1)S(=O)(=O)c1ccccc1. The maximum atomic E-state index is 13.1. The fraction of sp³-hybridized carbons (Fsp3) is 0.316. The first-order valence-corrected chi connectivity index (χ1v) is 11.4. The Balaban J connectivity index is 2.58. The Bertz CT molecular complexity index is 880. The summed E-state index contributed by atoms with van der Waals surface area (Å²) in [6.07, 6.45) is -0.0498. The first-order valence-electron chi connectivity index (χ1n) is 8.31. The predicted octanol–water partition coefficient (Wildman–Crippen LogP) is 3.27. The van der Waals surface area contributed by atoms with E-state index in [1.165, 1.54) is 24.3 Å². The Morgan fingerprint density at radius 2 is 1.19 bits per heavy atom. The Hall–Kier alpha value is -1.99. The number of carbonyl (C=O) groups is 1. The van der Waals surface area contributed by atoms with Gasteiger partial charge in [0.15, 0.2) is 24.3 Å². The lowest BCUT2D eigenvalue weighted by molar-refractivity contribution is -0.122. The minimum absolute atomic E-state index is 0.0688. The number of hydrogen-bond acceptors (Lipinski definition) is 5. The zero-order valence-electron chi connectivity index (χ0n) is 14.7. The lowest BCUT2D eigenvalue weighted by atomic mass is 10.0. The molecular weight excluding hydrogens is 372 g/mol. The van der Waals surface area contributed by atoms with Crippen LogP contribution in [-0.2, 0) is 24.5 Å². The van der Waals surface area contributed by atoms with Crippen LogP contribution in [0, 0.1) is 5.92 Å². The van der Waals surface area contributed by atoms with Gasteiger partial charge in [0.2, 0.25) is 0 Å². The van der Waals surface area contributed by atoms with Gasteiger partial charge < -0.3 is 0 Å². The van der Waals surface area contributed by atoms with Crippen molar-refractivity contribution in [2.75, 3.05) is 0 Å². The van der Waals surface area contributed by atoms with Gasteiger partial charge in [0, 0.05) is 12.3 Å². The molecule has 7 heteroatoms. The molecule has 0 aliphatic carbocycles. The summed E-state index contributed by atoms with van der Waals surface area (Å²) in [6, 6.07) is 15.0. The second-order valence-electron chi connectivity index (χ2n) is 6.10. The smallest absolute Gasteiger partial charge is 0.195 e. The highest BCUT2D eigenvalue weighted by Gasteiger charge is 2.41. The molecular formula is C19H22O5S2. The van der Waals surface area contributed by atoms with Crippen LogP contribution in [0.4, 0.5) is 0 Å². The van der Waals surface area contributed by atoms with E-state index >= 15 is 0 Å². The van der Waals surface area contributed by atoms with Gasteiger partial charge in [-0.05, 0) is 30.7 Å². The molecule has 0 aliphatic rings. The van der Waals surface area contributed by atoms with Crippen molar-refractivity contribution >= 4 is 25.5 Å². The minimum atomic E-state index is -4.18.